The highest BCUT2D eigenvalue weighted by Gasteiger charge is 2.50. The van der Waals surface area contributed by atoms with Gasteiger partial charge in [-0.1, -0.05) is 0 Å². The normalized spacial score (nSPS) is 45.7. The van der Waals surface area contributed by atoms with Crippen molar-refractivity contribution in [2.24, 2.45) is 0 Å². The standard InChI is InChI=1S/C14H26O11/c1-13(2,20)25-11-9(18)8(17)7(16)6(24-11)3-22-12-10(19)14(21,4-15)5-23-12/h6-12,15-21H,3-5H2,1-2H3/t6-,7-,8+,9-,10+,11+,12-,14-/m1/s1. The molecule has 2 aliphatic heterocycles. The number of hydrogen-bond acceptors (Lipinski definition) is 11. The summed E-state index contributed by atoms with van der Waals surface area (Å²) in [6.45, 7) is 1.12. The van der Waals surface area contributed by atoms with Gasteiger partial charge in [0.05, 0.1) is 19.8 Å². The second kappa shape index (κ2) is 7.66. The summed E-state index contributed by atoms with van der Waals surface area (Å²) in [7, 11) is 0. The first-order valence-corrected chi connectivity index (χ1v) is 7.83. The quantitative estimate of drug-likeness (QED) is 0.227. The Bertz CT molecular complexity index is 441. The molecule has 11 heteroatoms. The number of aliphatic hydroxyl groups is 7. The lowest BCUT2D eigenvalue weighted by Crippen LogP contribution is -2.60. The highest BCUT2D eigenvalue weighted by molar-refractivity contribution is 4.94. The highest BCUT2D eigenvalue weighted by Crippen LogP contribution is 2.28. The van der Waals surface area contributed by atoms with E-state index in [2.05, 4.69) is 0 Å². The summed E-state index contributed by atoms with van der Waals surface area (Å²) in [4.78, 5) is 0. The van der Waals surface area contributed by atoms with Crippen LogP contribution in [0, 0.1) is 0 Å². The summed E-state index contributed by atoms with van der Waals surface area (Å²) in [5, 5.41) is 68.2. The maximum atomic E-state index is 9.99. The minimum atomic E-state index is -1.86. The largest absolute Gasteiger partial charge is 0.393 e. The van der Waals surface area contributed by atoms with Crippen LogP contribution in [-0.4, -0.2) is 110 Å². The molecule has 2 saturated heterocycles. The monoisotopic (exact) mass is 370 g/mol. The molecular formula is C14H26O11. The smallest absolute Gasteiger partial charge is 0.189 e. The molecule has 0 radical (unpaired) electrons. The van der Waals surface area contributed by atoms with Crippen LogP contribution < -0.4 is 0 Å². The van der Waals surface area contributed by atoms with Gasteiger partial charge in [0.2, 0.25) is 0 Å². The first-order chi connectivity index (χ1) is 11.5. The zero-order valence-corrected chi connectivity index (χ0v) is 13.9. The first kappa shape index (κ1) is 20.9. The number of aliphatic hydroxyl groups excluding tert-OH is 5. The third-order valence-corrected chi connectivity index (χ3v) is 4.08. The predicted octanol–water partition coefficient (Wildman–Crippen LogP) is -4.00. The van der Waals surface area contributed by atoms with E-state index in [4.69, 9.17) is 24.1 Å². The van der Waals surface area contributed by atoms with Crippen molar-refractivity contribution in [1.29, 1.82) is 0 Å². The van der Waals surface area contributed by atoms with Crippen LogP contribution in [0.3, 0.4) is 0 Å². The fourth-order valence-corrected chi connectivity index (χ4v) is 2.56. The summed E-state index contributed by atoms with van der Waals surface area (Å²) in [5.41, 5.74) is -1.86. The van der Waals surface area contributed by atoms with Crippen molar-refractivity contribution in [3.8, 4) is 0 Å². The second-order valence-corrected chi connectivity index (χ2v) is 6.80. The Balaban J connectivity index is 1.96. The number of hydrogen-bond donors (Lipinski definition) is 7. The SMILES string of the molecule is CC(C)(O)O[C@@H]1O[C@H](CO[C@@H]2OC[C@](O)(CO)[C@H]2O)[C@@H](O)[C@H](O)[C@H]1O. The van der Waals surface area contributed by atoms with E-state index in [0.29, 0.717) is 0 Å². The van der Waals surface area contributed by atoms with Crippen LogP contribution in [-0.2, 0) is 18.9 Å². The minimum absolute atomic E-state index is 0.352. The van der Waals surface area contributed by atoms with Crippen molar-refractivity contribution in [1.82, 2.24) is 0 Å². The Labute approximate surface area is 143 Å². The second-order valence-electron chi connectivity index (χ2n) is 6.80. The summed E-state index contributed by atoms with van der Waals surface area (Å²) >= 11 is 0. The highest BCUT2D eigenvalue weighted by atomic mass is 16.8. The van der Waals surface area contributed by atoms with Gasteiger partial charge in [-0.15, -0.1) is 0 Å². The molecule has 0 aliphatic carbocycles. The third-order valence-electron chi connectivity index (χ3n) is 4.08. The average Bonchev–Trinajstić information content (AvgIpc) is 2.82. The summed E-state index contributed by atoms with van der Waals surface area (Å²) < 4.78 is 20.7. The molecule has 0 aromatic rings. The van der Waals surface area contributed by atoms with Crippen LogP contribution in [0.4, 0.5) is 0 Å². The minimum Gasteiger partial charge on any atom is -0.393 e. The molecule has 7 N–H and O–H groups in total. The van der Waals surface area contributed by atoms with Crippen LogP contribution in [0.2, 0.25) is 0 Å². The van der Waals surface area contributed by atoms with Gasteiger partial charge < -0.3 is 54.7 Å². The van der Waals surface area contributed by atoms with Gasteiger partial charge in [0, 0.05) is 0 Å². The Morgan fingerprint density at radius 3 is 2.24 bits per heavy atom. The maximum Gasteiger partial charge on any atom is 0.189 e. The Kier molecular flexibility index (Phi) is 6.40. The van der Waals surface area contributed by atoms with E-state index < -0.39 is 61.1 Å². The van der Waals surface area contributed by atoms with Crippen molar-refractivity contribution in [2.45, 2.75) is 68.3 Å². The van der Waals surface area contributed by atoms with E-state index in [9.17, 15) is 30.6 Å². The Hall–Kier alpha value is -0.440. The van der Waals surface area contributed by atoms with Gasteiger partial charge in [0.15, 0.2) is 18.4 Å². The zero-order chi connectivity index (χ0) is 19.0. The van der Waals surface area contributed by atoms with Crippen LogP contribution in [0.25, 0.3) is 0 Å². The molecule has 11 nitrogen and oxygen atoms in total. The van der Waals surface area contributed by atoms with Gasteiger partial charge in [-0.05, 0) is 13.8 Å². The number of ether oxygens (including phenoxy) is 4. The van der Waals surface area contributed by atoms with Crippen molar-refractivity contribution < 1.29 is 54.7 Å². The lowest BCUT2D eigenvalue weighted by molar-refractivity contribution is -0.357. The fourth-order valence-electron chi connectivity index (χ4n) is 2.56. The fraction of sp³-hybridized carbons (Fsp3) is 1.00. The van der Waals surface area contributed by atoms with E-state index in [0.717, 1.165) is 0 Å². The van der Waals surface area contributed by atoms with Gasteiger partial charge in [0.1, 0.15) is 36.1 Å². The maximum absolute atomic E-state index is 9.99. The molecule has 2 heterocycles. The van der Waals surface area contributed by atoms with Crippen molar-refractivity contribution in [3.05, 3.63) is 0 Å². The average molecular weight is 370 g/mol. The zero-order valence-electron chi connectivity index (χ0n) is 13.9. The van der Waals surface area contributed by atoms with Crippen LogP contribution in [0.15, 0.2) is 0 Å². The summed E-state index contributed by atoms with van der Waals surface area (Å²) in [6, 6.07) is 0. The molecule has 0 saturated carbocycles. The van der Waals surface area contributed by atoms with Crippen molar-refractivity contribution >= 4 is 0 Å². The summed E-state index contributed by atoms with van der Waals surface area (Å²) in [5.74, 6) is -1.67. The topological polar surface area (TPSA) is 179 Å². The van der Waals surface area contributed by atoms with Gasteiger partial charge in [-0.2, -0.15) is 0 Å². The van der Waals surface area contributed by atoms with Gasteiger partial charge >= 0.3 is 0 Å². The molecule has 0 amide bonds. The van der Waals surface area contributed by atoms with E-state index in [1.165, 1.54) is 13.8 Å². The molecular weight excluding hydrogens is 344 g/mol. The third kappa shape index (κ3) is 4.64. The lowest BCUT2D eigenvalue weighted by Gasteiger charge is -2.42. The Morgan fingerprint density at radius 1 is 1.08 bits per heavy atom. The van der Waals surface area contributed by atoms with Gasteiger partial charge in [0.25, 0.3) is 0 Å². The van der Waals surface area contributed by atoms with Gasteiger partial charge in [-0.25, -0.2) is 0 Å². The number of rotatable bonds is 6. The molecule has 2 fully saturated rings. The Morgan fingerprint density at radius 2 is 1.72 bits per heavy atom. The summed E-state index contributed by atoms with van der Waals surface area (Å²) in [6.07, 6.45) is -10.2. The van der Waals surface area contributed by atoms with E-state index >= 15 is 0 Å². The molecule has 0 aromatic carbocycles. The molecule has 8 atom stereocenters. The molecule has 0 unspecified atom stereocenters. The molecule has 0 spiro atoms. The van der Waals surface area contributed by atoms with E-state index in [1.807, 2.05) is 0 Å². The van der Waals surface area contributed by atoms with E-state index in [1.54, 1.807) is 0 Å². The van der Waals surface area contributed by atoms with Crippen LogP contribution >= 0.6 is 0 Å². The first-order valence-electron chi connectivity index (χ1n) is 7.83. The van der Waals surface area contributed by atoms with E-state index in [-0.39, 0.29) is 13.2 Å². The molecule has 0 aromatic heterocycles. The predicted molar refractivity (Wildman–Crippen MR) is 77.8 cm³/mol. The molecule has 0 bridgehead atoms. The molecule has 2 aliphatic rings. The van der Waals surface area contributed by atoms with Crippen LogP contribution in [0.1, 0.15) is 13.8 Å². The van der Waals surface area contributed by atoms with Crippen molar-refractivity contribution in [2.75, 3.05) is 19.8 Å². The van der Waals surface area contributed by atoms with Crippen molar-refractivity contribution in [3.63, 3.8) is 0 Å². The molecule has 148 valence electrons. The van der Waals surface area contributed by atoms with Crippen LogP contribution in [0.5, 0.6) is 0 Å². The van der Waals surface area contributed by atoms with Gasteiger partial charge in [-0.3, -0.25) is 0 Å². The molecule has 2 rings (SSSR count). The molecule has 25 heavy (non-hydrogen) atoms. The lowest BCUT2D eigenvalue weighted by atomic mass is 9.99.